The molecule has 88 valence electrons. The van der Waals surface area contributed by atoms with Crippen LogP contribution in [-0.2, 0) is 11.2 Å². The van der Waals surface area contributed by atoms with E-state index in [4.69, 9.17) is 21.1 Å². The Morgan fingerprint density at radius 3 is 3.19 bits per heavy atom. The highest BCUT2D eigenvalue weighted by atomic mass is 35.5. The predicted octanol–water partition coefficient (Wildman–Crippen LogP) is 1.67. The number of hydrogen-bond donors (Lipinski definition) is 0. The molecule has 2 atom stereocenters. The summed E-state index contributed by atoms with van der Waals surface area (Å²) >= 11 is 6.34. The number of hydrogen-bond acceptors (Lipinski definition) is 4. The number of nitrogens with zero attached hydrogens (tertiary/aromatic N) is 2. The molecule has 0 aliphatic carbocycles. The Labute approximate surface area is 99.9 Å². The van der Waals surface area contributed by atoms with E-state index < -0.39 is 0 Å². The number of methoxy groups -OCH3 is 1. The van der Waals surface area contributed by atoms with Gasteiger partial charge in [-0.05, 0) is 6.42 Å². The highest BCUT2D eigenvalue weighted by molar-refractivity contribution is 6.20. The van der Waals surface area contributed by atoms with Crippen LogP contribution in [0.4, 0.5) is 0 Å². The average Bonchev–Trinajstić information content (AvgIpc) is 2.83. The van der Waals surface area contributed by atoms with Gasteiger partial charge in [0.15, 0.2) is 0 Å². The number of rotatable bonds is 4. The molecule has 0 aromatic carbocycles. The normalized spacial score (nSPS) is 22.0. The second kappa shape index (κ2) is 5.46. The third-order valence-corrected chi connectivity index (χ3v) is 3.30. The Kier molecular flexibility index (Phi) is 3.96. The van der Waals surface area contributed by atoms with Gasteiger partial charge in [0.05, 0.1) is 13.7 Å². The van der Waals surface area contributed by atoms with Crippen molar-refractivity contribution < 1.29 is 9.47 Å². The minimum atomic E-state index is 0.0714. The lowest BCUT2D eigenvalue weighted by atomic mass is 10.0. The van der Waals surface area contributed by atoms with Gasteiger partial charge in [-0.1, -0.05) is 0 Å². The topological polar surface area (TPSA) is 44.2 Å². The molecule has 1 aliphatic heterocycles. The van der Waals surface area contributed by atoms with E-state index in [1.54, 1.807) is 7.11 Å². The smallest absolute Gasteiger partial charge is 0.216 e. The Morgan fingerprint density at radius 1 is 1.62 bits per heavy atom. The highest BCUT2D eigenvalue weighted by Crippen LogP contribution is 2.24. The highest BCUT2D eigenvalue weighted by Gasteiger charge is 2.24. The maximum atomic E-state index is 6.34. The van der Waals surface area contributed by atoms with Gasteiger partial charge in [0.25, 0.3) is 0 Å². The van der Waals surface area contributed by atoms with Crippen LogP contribution in [0.5, 0.6) is 5.88 Å². The van der Waals surface area contributed by atoms with Crippen LogP contribution in [-0.4, -0.2) is 35.7 Å². The fourth-order valence-electron chi connectivity index (χ4n) is 1.80. The molecule has 0 spiro atoms. The molecule has 2 unspecified atom stereocenters. The molecular formula is C11H15ClN2O2. The zero-order valence-corrected chi connectivity index (χ0v) is 9.98. The monoisotopic (exact) mass is 242 g/mol. The van der Waals surface area contributed by atoms with Crippen molar-refractivity contribution in [3.63, 3.8) is 0 Å². The van der Waals surface area contributed by atoms with Gasteiger partial charge in [-0.2, -0.15) is 0 Å². The molecule has 2 rings (SSSR count). The lowest BCUT2D eigenvalue weighted by Crippen LogP contribution is -2.18. The van der Waals surface area contributed by atoms with Crippen molar-refractivity contribution in [1.29, 1.82) is 0 Å². The molecule has 2 heterocycles. The van der Waals surface area contributed by atoms with Crippen LogP contribution in [0.15, 0.2) is 12.4 Å². The van der Waals surface area contributed by atoms with Gasteiger partial charge >= 0.3 is 0 Å². The molecule has 0 bridgehead atoms. The Hall–Kier alpha value is -0.870. The number of ether oxygens (including phenoxy) is 2. The maximum Gasteiger partial charge on any atom is 0.216 e. The van der Waals surface area contributed by atoms with E-state index in [0.717, 1.165) is 31.7 Å². The van der Waals surface area contributed by atoms with Crippen molar-refractivity contribution in [2.45, 2.75) is 18.2 Å². The second-order valence-electron chi connectivity index (χ2n) is 3.90. The molecule has 4 nitrogen and oxygen atoms in total. The molecule has 1 fully saturated rings. The lowest BCUT2D eigenvalue weighted by molar-refractivity contribution is 0.185. The van der Waals surface area contributed by atoms with E-state index in [1.807, 2.05) is 6.07 Å². The first-order valence-corrected chi connectivity index (χ1v) is 5.80. The van der Waals surface area contributed by atoms with Crippen molar-refractivity contribution in [2.75, 3.05) is 20.3 Å². The summed E-state index contributed by atoms with van der Waals surface area (Å²) in [5.74, 6) is 1.01. The SMILES string of the molecule is COc1cc(CC(Cl)C2CCOC2)ncn1. The van der Waals surface area contributed by atoms with E-state index in [0.29, 0.717) is 11.8 Å². The summed E-state index contributed by atoms with van der Waals surface area (Å²) in [7, 11) is 1.59. The molecule has 1 aliphatic rings. The summed E-state index contributed by atoms with van der Waals surface area (Å²) in [6.45, 7) is 1.58. The van der Waals surface area contributed by atoms with Gasteiger partial charge in [-0.25, -0.2) is 9.97 Å². The predicted molar refractivity (Wildman–Crippen MR) is 60.9 cm³/mol. The standard InChI is InChI=1S/C11H15ClN2O2/c1-15-11-5-9(13-7-14-11)4-10(12)8-2-3-16-6-8/h5,7-8,10H,2-4,6H2,1H3. The summed E-state index contributed by atoms with van der Waals surface area (Å²) in [4.78, 5) is 8.14. The summed E-state index contributed by atoms with van der Waals surface area (Å²) in [5.41, 5.74) is 0.916. The van der Waals surface area contributed by atoms with Crippen molar-refractivity contribution in [1.82, 2.24) is 9.97 Å². The summed E-state index contributed by atoms with van der Waals surface area (Å²) in [6, 6.07) is 1.82. The van der Waals surface area contributed by atoms with E-state index in [1.165, 1.54) is 6.33 Å². The quantitative estimate of drug-likeness (QED) is 0.754. The van der Waals surface area contributed by atoms with Gasteiger partial charge in [0.1, 0.15) is 6.33 Å². The van der Waals surface area contributed by atoms with Crippen LogP contribution in [0.25, 0.3) is 0 Å². The van der Waals surface area contributed by atoms with Crippen LogP contribution in [0, 0.1) is 5.92 Å². The summed E-state index contributed by atoms with van der Waals surface area (Å²) < 4.78 is 10.4. The lowest BCUT2D eigenvalue weighted by Gasteiger charge is -2.14. The van der Waals surface area contributed by atoms with Gasteiger partial charge in [0, 0.05) is 36.1 Å². The molecule has 1 saturated heterocycles. The van der Waals surface area contributed by atoms with E-state index in [2.05, 4.69) is 9.97 Å². The van der Waals surface area contributed by atoms with Crippen molar-refractivity contribution in [2.24, 2.45) is 5.92 Å². The Morgan fingerprint density at radius 2 is 2.50 bits per heavy atom. The molecule has 0 N–H and O–H groups in total. The number of halogens is 1. The van der Waals surface area contributed by atoms with Gasteiger partial charge in [-0.3, -0.25) is 0 Å². The fourth-order valence-corrected chi connectivity index (χ4v) is 2.16. The Balaban J connectivity index is 1.96. The number of alkyl halides is 1. The molecule has 1 aromatic heterocycles. The largest absolute Gasteiger partial charge is 0.481 e. The maximum absolute atomic E-state index is 6.34. The molecule has 1 aromatic rings. The van der Waals surface area contributed by atoms with Gasteiger partial charge < -0.3 is 9.47 Å². The van der Waals surface area contributed by atoms with Crippen LogP contribution < -0.4 is 4.74 Å². The van der Waals surface area contributed by atoms with Crippen molar-refractivity contribution in [3.8, 4) is 5.88 Å². The zero-order chi connectivity index (χ0) is 11.4. The molecule has 0 saturated carbocycles. The van der Waals surface area contributed by atoms with Crippen LogP contribution in [0.3, 0.4) is 0 Å². The minimum absolute atomic E-state index is 0.0714. The van der Waals surface area contributed by atoms with Crippen LogP contribution in [0.2, 0.25) is 0 Å². The first-order valence-electron chi connectivity index (χ1n) is 5.36. The van der Waals surface area contributed by atoms with Crippen LogP contribution in [0.1, 0.15) is 12.1 Å². The molecule has 16 heavy (non-hydrogen) atoms. The van der Waals surface area contributed by atoms with E-state index in [9.17, 15) is 0 Å². The third-order valence-electron chi connectivity index (χ3n) is 2.79. The van der Waals surface area contributed by atoms with Gasteiger partial charge in [0.2, 0.25) is 5.88 Å². The van der Waals surface area contributed by atoms with E-state index in [-0.39, 0.29) is 5.38 Å². The number of aromatic nitrogens is 2. The van der Waals surface area contributed by atoms with E-state index >= 15 is 0 Å². The molecule has 5 heteroatoms. The first kappa shape index (κ1) is 11.6. The van der Waals surface area contributed by atoms with Gasteiger partial charge in [-0.15, -0.1) is 11.6 Å². The third kappa shape index (κ3) is 2.83. The van der Waals surface area contributed by atoms with Crippen molar-refractivity contribution >= 4 is 11.6 Å². The first-order chi connectivity index (χ1) is 7.79. The van der Waals surface area contributed by atoms with Crippen LogP contribution >= 0.6 is 11.6 Å². The second-order valence-corrected chi connectivity index (χ2v) is 4.46. The molecule has 0 amide bonds. The minimum Gasteiger partial charge on any atom is -0.481 e. The average molecular weight is 243 g/mol. The summed E-state index contributed by atoms with van der Waals surface area (Å²) in [5, 5.41) is 0.0714. The van der Waals surface area contributed by atoms with Crippen molar-refractivity contribution in [3.05, 3.63) is 18.1 Å². The fraction of sp³-hybridized carbons (Fsp3) is 0.636. The molecule has 0 radical (unpaired) electrons. The summed E-state index contributed by atoms with van der Waals surface area (Å²) in [6.07, 6.45) is 3.27. The Bertz CT molecular complexity index is 343. The zero-order valence-electron chi connectivity index (χ0n) is 9.23. The molecular weight excluding hydrogens is 228 g/mol.